The number of nitrogens with zero attached hydrogens (tertiary/aromatic N) is 4. The van der Waals surface area contributed by atoms with Crippen LogP contribution in [0.2, 0.25) is 0 Å². The summed E-state index contributed by atoms with van der Waals surface area (Å²) in [5, 5.41) is 6.61. The zero-order valence-electron chi connectivity index (χ0n) is 13.2. The van der Waals surface area contributed by atoms with Gasteiger partial charge >= 0.3 is 0 Å². The third-order valence-electron chi connectivity index (χ3n) is 4.66. The predicted octanol–water partition coefficient (Wildman–Crippen LogP) is 1.40. The zero-order valence-corrected chi connectivity index (χ0v) is 13.2. The van der Waals surface area contributed by atoms with E-state index in [1.807, 2.05) is 11.2 Å². The second-order valence-electron chi connectivity index (χ2n) is 6.48. The fraction of sp³-hybridized carbons (Fsp3) is 0.562. The Labute approximate surface area is 134 Å². The van der Waals surface area contributed by atoms with Crippen LogP contribution in [0.5, 0.6) is 0 Å². The summed E-state index contributed by atoms with van der Waals surface area (Å²) in [5.74, 6) is 0.920. The Morgan fingerprint density at radius 3 is 3.04 bits per heavy atom. The fourth-order valence-corrected chi connectivity index (χ4v) is 3.38. The van der Waals surface area contributed by atoms with Gasteiger partial charge in [0.1, 0.15) is 5.69 Å². The molecule has 3 heterocycles. The van der Waals surface area contributed by atoms with Crippen LogP contribution < -0.4 is 0 Å². The molecule has 1 unspecified atom stereocenters. The van der Waals surface area contributed by atoms with Gasteiger partial charge in [-0.25, -0.2) is 4.98 Å². The summed E-state index contributed by atoms with van der Waals surface area (Å²) in [5.41, 5.74) is 2.75. The van der Waals surface area contributed by atoms with Crippen molar-refractivity contribution in [3.63, 3.8) is 0 Å². The Balaban J connectivity index is 1.60. The highest BCUT2D eigenvalue weighted by Crippen LogP contribution is 2.34. The van der Waals surface area contributed by atoms with E-state index in [1.54, 1.807) is 19.4 Å². The van der Waals surface area contributed by atoms with Crippen LogP contribution in [-0.4, -0.2) is 50.8 Å². The molecule has 0 radical (unpaired) electrons. The van der Waals surface area contributed by atoms with Gasteiger partial charge in [0, 0.05) is 38.0 Å². The van der Waals surface area contributed by atoms with Crippen molar-refractivity contribution in [2.45, 2.75) is 31.8 Å². The van der Waals surface area contributed by atoms with E-state index in [2.05, 4.69) is 19.7 Å². The first-order valence-corrected chi connectivity index (χ1v) is 8.07. The number of imidazole rings is 1. The van der Waals surface area contributed by atoms with E-state index in [1.165, 1.54) is 18.5 Å². The topological polar surface area (TPSA) is 76.0 Å². The molecule has 23 heavy (non-hydrogen) atoms. The number of fused-ring (bicyclic) bond motifs is 1. The van der Waals surface area contributed by atoms with Crippen molar-refractivity contribution in [3.05, 3.63) is 35.7 Å². The molecular weight excluding hydrogens is 294 g/mol. The largest absolute Gasteiger partial charge is 0.384 e. The Kier molecular flexibility index (Phi) is 3.65. The molecule has 4 rings (SSSR count). The standard InChI is InChI=1S/C16H21N5O2/c1-23-9-12-7-20(16(22)13-4-5-18-19-13)8-14-15(12)21(10-17-14)6-11-2-3-11/h4-5,10-12H,2-3,6-9H2,1H3,(H,18,19). The smallest absolute Gasteiger partial charge is 0.272 e. The van der Waals surface area contributed by atoms with Gasteiger partial charge in [-0.2, -0.15) is 5.10 Å². The third-order valence-corrected chi connectivity index (χ3v) is 4.66. The Bertz CT molecular complexity index is 689. The zero-order chi connectivity index (χ0) is 15.8. The molecule has 1 saturated carbocycles. The van der Waals surface area contributed by atoms with Crippen molar-refractivity contribution < 1.29 is 9.53 Å². The van der Waals surface area contributed by atoms with E-state index >= 15 is 0 Å². The molecule has 1 atom stereocenters. The number of ether oxygens (including phenoxy) is 1. The van der Waals surface area contributed by atoms with Gasteiger partial charge in [-0.3, -0.25) is 9.89 Å². The van der Waals surface area contributed by atoms with Gasteiger partial charge in [-0.1, -0.05) is 0 Å². The molecule has 0 saturated heterocycles. The first kappa shape index (κ1) is 14.4. The van der Waals surface area contributed by atoms with Crippen molar-refractivity contribution in [2.24, 2.45) is 5.92 Å². The van der Waals surface area contributed by atoms with Crippen LogP contribution in [0.3, 0.4) is 0 Å². The first-order valence-electron chi connectivity index (χ1n) is 8.07. The number of hydrogen-bond acceptors (Lipinski definition) is 4. The molecule has 1 fully saturated rings. The van der Waals surface area contributed by atoms with E-state index in [0.717, 1.165) is 18.2 Å². The van der Waals surface area contributed by atoms with Gasteiger partial charge in [0.05, 0.1) is 25.2 Å². The molecule has 0 aromatic carbocycles. The number of amides is 1. The molecule has 2 aliphatic rings. The molecule has 122 valence electrons. The lowest BCUT2D eigenvalue weighted by Crippen LogP contribution is -2.40. The lowest BCUT2D eigenvalue weighted by atomic mass is 9.98. The van der Waals surface area contributed by atoms with Crippen LogP contribution in [0, 0.1) is 5.92 Å². The molecule has 7 heteroatoms. The molecule has 2 aromatic heterocycles. The molecule has 1 N–H and O–H groups in total. The van der Waals surface area contributed by atoms with Crippen molar-refractivity contribution in [1.82, 2.24) is 24.6 Å². The molecule has 1 aliphatic carbocycles. The molecular formula is C16H21N5O2. The predicted molar refractivity (Wildman–Crippen MR) is 82.9 cm³/mol. The van der Waals surface area contributed by atoms with Gasteiger partial charge in [-0.15, -0.1) is 0 Å². The average molecular weight is 315 g/mol. The van der Waals surface area contributed by atoms with Crippen LogP contribution in [0.4, 0.5) is 0 Å². The van der Waals surface area contributed by atoms with E-state index < -0.39 is 0 Å². The Hall–Kier alpha value is -2.15. The van der Waals surface area contributed by atoms with Crippen molar-refractivity contribution in [2.75, 3.05) is 20.3 Å². The summed E-state index contributed by atoms with van der Waals surface area (Å²) >= 11 is 0. The maximum absolute atomic E-state index is 12.6. The highest BCUT2D eigenvalue weighted by atomic mass is 16.5. The monoisotopic (exact) mass is 315 g/mol. The normalized spacial score (nSPS) is 20.6. The van der Waals surface area contributed by atoms with Crippen molar-refractivity contribution >= 4 is 5.91 Å². The van der Waals surface area contributed by atoms with Crippen LogP contribution in [0.25, 0.3) is 0 Å². The molecule has 7 nitrogen and oxygen atoms in total. The van der Waals surface area contributed by atoms with Crippen molar-refractivity contribution in [1.29, 1.82) is 0 Å². The summed E-state index contributed by atoms with van der Waals surface area (Å²) in [6.45, 7) is 2.83. The first-order chi connectivity index (χ1) is 11.3. The average Bonchev–Trinajstić information content (AvgIpc) is 3.04. The van der Waals surface area contributed by atoms with E-state index in [0.29, 0.717) is 25.4 Å². The summed E-state index contributed by atoms with van der Waals surface area (Å²) in [6, 6.07) is 1.70. The summed E-state index contributed by atoms with van der Waals surface area (Å²) in [7, 11) is 1.71. The molecule has 0 bridgehead atoms. The molecule has 2 aromatic rings. The van der Waals surface area contributed by atoms with E-state index in [-0.39, 0.29) is 11.8 Å². The van der Waals surface area contributed by atoms with Gasteiger partial charge in [0.15, 0.2) is 0 Å². The number of nitrogens with one attached hydrogen (secondary N) is 1. The minimum atomic E-state index is -0.0361. The van der Waals surface area contributed by atoms with Crippen LogP contribution in [-0.2, 0) is 17.8 Å². The summed E-state index contributed by atoms with van der Waals surface area (Å²) in [6.07, 6.45) is 6.15. The fourth-order valence-electron chi connectivity index (χ4n) is 3.38. The quantitative estimate of drug-likeness (QED) is 0.905. The maximum Gasteiger partial charge on any atom is 0.272 e. The molecule has 1 aliphatic heterocycles. The number of aromatic nitrogens is 4. The summed E-state index contributed by atoms with van der Waals surface area (Å²) < 4.78 is 7.68. The Morgan fingerprint density at radius 2 is 2.35 bits per heavy atom. The van der Waals surface area contributed by atoms with Gasteiger partial charge in [0.25, 0.3) is 5.91 Å². The number of methoxy groups -OCH3 is 1. The number of carbonyl (C=O) groups excluding carboxylic acids is 1. The van der Waals surface area contributed by atoms with Crippen LogP contribution in [0.1, 0.15) is 40.6 Å². The van der Waals surface area contributed by atoms with Crippen LogP contribution >= 0.6 is 0 Å². The van der Waals surface area contributed by atoms with E-state index in [9.17, 15) is 4.79 Å². The minimum absolute atomic E-state index is 0.0361. The Morgan fingerprint density at radius 1 is 1.48 bits per heavy atom. The number of hydrogen-bond donors (Lipinski definition) is 1. The second kappa shape index (κ2) is 5.81. The van der Waals surface area contributed by atoms with Crippen molar-refractivity contribution in [3.8, 4) is 0 Å². The number of carbonyl (C=O) groups is 1. The highest BCUT2D eigenvalue weighted by Gasteiger charge is 2.34. The molecule has 1 amide bonds. The summed E-state index contributed by atoms with van der Waals surface area (Å²) in [4.78, 5) is 19.0. The van der Waals surface area contributed by atoms with Gasteiger partial charge in [-0.05, 0) is 24.8 Å². The lowest BCUT2D eigenvalue weighted by Gasteiger charge is -2.32. The SMILES string of the molecule is COCC1CN(C(=O)c2ccn[nH]2)Cc2ncn(CC3CC3)c21. The third kappa shape index (κ3) is 2.76. The highest BCUT2D eigenvalue weighted by molar-refractivity contribution is 5.92. The number of rotatable bonds is 5. The lowest BCUT2D eigenvalue weighted by molar-refractivity contribution is 0.0666. The number of H-pyrrole nitrogens is 1. The minimum Gasteiger partial charge on any atom is -0.384 e. The molecule has 0 spiro atoms. The maximum atomic E-state index is 12.6. The number of aromatic amines is 1. The second-order valence-corrected chi connectivity index (χ2v) is 6.48. The van der Waals surface area contributed by atoms with E-state index in [4.69, 9.17) is 4.74 Å². The van der Waals surface area contributed by atoms with Gasteiger partial charge in [0.2, 0.25) is 0 Å². The van der Waals surface area contributed by atoms with Gasteiger partial charge < -0.3 is 14.2 Å². The van der Waals surface area contributed by atoms with Crippen LogP contribution in [0.15, 0.2) is 18.6 Å².